The summed E-state index contributed by atoms with van der Waals surface area (Å²) in [5.41, 5.74) is 0.456. The Bertz CT molecular complexity index is 482. The van der Waals surface area contributed by atoms with Gasteiger partial charge >= 0.3 is 0 Å². The molecule has 5 heteroatoms. The van der Waals surface area contributed by atoms with Crippen LogP contribution in [-0.4, -0.2) is 23.4 Å². The summed E-state index contributed by atoms with van der Waals surface area (Å²) in [4.78, 5) is 14.0. The van der Waals surface area contributed by atoms with Gasteiger partial charge in [-0.1, -0.05) is 27.5 Å². The summed E-state index contributed by atoms with van der Waals surface area (Å²) < 4.78 is 0.805. The van der Waals surface area contributed by atoms with E-state index in [0.717, 1.165) is 4.47 Å². The Morgan fingerprint density at radius 3 is 2.78 bits per heavy atom. The second kappa shape index (κ2) is 6.77. The zero-order valence-corrected chi connectivity index (χ0v) is 12.6. The summed E-state index contributed by atoms with van der Waals surface area (Å²) in [7, 11) is 0. The number of benzene rings is 1. The zero-order valence-electron chi connectivity index (χ0n) is 10.3. The number of carbonyl (C=O) groups excluding carboxylic acids is 1. The van der Waals surface area contributed by atoms with E-state index in [1.165, 1.54) is 0 Å². The third-order valence-corrected chi connectivity index (χ3v) is 3.33. The minimum absolute atomic E-state index is 0.0286. The van der Waals surface area contributed by atoms with Gasteiger partial charge in [0.25, 0.3) is 5.91 Å². The number of amides is 1. The molecule has 0 radical (unpaired) electrons. The smallest absolute Gasteiger partial charge is 0.255 e. The molecule has 1 amide bonds. The Morgan fingerprint density at radius 1 is 1.56 bits per heavy atom. The maximum atomic E-state index is 12.4. The number of nitrogens with zero attached hydrogens (tertiary/aromatic N) is 2. The Kier molecular flexibility index (Phi) is 5.64. The lowest BCUT2D eigenvalue weighted by molar-refractivity contribution is 0.0710. The third kappa shape index (κ3) is 3.72. The Morgan fingerprint density at radius 2 is 2.22 bits per heavy atom. The highest BCUT2D eigenvalue weighted by Gasteiger charge is 2.20. The number of halogens is 2. The average molecular weight is 330 g/mol. The first-order valence-electron chi connectivity index (χ1n) is 5.60. The molecule has 1 aromatic rings. The first kappa shape index (κ1) is 15.0. The number of carbonyl (C=O) groups is 1. The van der Waals surface area contributed by atoms with Crippen LogP contribution in [0, 0.1) is 11.3 Å². The van der Waals surface area contributed by atoms with E-state index < -0.39 is 0 Å². The minimum Gasteiger partial charge on any atom is -0.335 e. The van der Waals surface area contributed by atoms with E-state index in [1.54, 1.807) is 23.1 Å². The molecule has 3 nitrogen and oxygen atoms in total. The van der Waals surface area contributed by atoms with Crippen LogP contribution in [0.5, 0.6) is 0 Å². The number of rotatable bonds is 4. The lowest BCUT2D eigenvalue weighted by Gasteiger charge is -2.26. The standard InChI is InChI=1S/C13H14BrClN2O/c1-9(2)17(7-3-6-16)13(18)11-8-10(14)4-5-12(11)15/h4-5,8-9H,3,7H2,1-2H3. The SMILES string of the molecule is CC(C)N(CCC#N)C(=O)c1cc(Br)ccc1Cl. The normalized spacial score (nSPS) is 10.2. The second-order valence-corrected chi connectivity index (χ2v) is 5.45. The number of hydrogen-bond acceptors (Lipinski definition) is 2. The van der Waals surface area contributed by atoms with Crippen molar-refractivity contribution in [2.24, 2.45) is 0 Å². The Hall–Kier alpha value is -1.05. The molecule has 0 saturated carbocycles. The van der Waals surface area contributed by atoms with E-state index in [4.69, 9.17) is 16.9 Å². The summed E-state index contributed by atoms with van der Waals surface area (Å²) in [5, 5.41) is 9.05. The molecule has 0 aromatic heterocycles. The highest BCUT2D eigenvalue weighted by molar-refractivity contribution is 9.10. The fourth-order valence-corrected chi connectivity index (χ4v) is 2.14. The highest BCUT2D eigenvalue weighted by Crippen LogP contribution is 2.23. The van der Waals surface area contributed by atoms with Crippen LogP contribution in [0.15, 0.2) is 22.7 Å². The van der Waals surface area contributed by atoms with Crippen molar-refractivity contribution < 1.29 is 4.79 Å². The molecule has 0 fully saturated rings. The highest BCUT2D eigenvalue weighted by atomic mass is 79.9. The van der Waals surface area contributed by atoms with Crippen molar-refractivity contribution in [1.29, 1.82) is 5.26 Å². The van der Waals surface area contributed by atoms with Crippen molar-refractivity contribution in [1.82, 2.24) is 4.90 Å². The molecule has 0 aliphatic carbocycles. The lowest BCUT2D eigenvalue weighted by atomic mass is 10.1. The molecule has 18 heavy (non-hydrogen) atoms. The molecule has 0 aliphatic heterocycles. The molecular weight excluding hydrogens is 316 g/mol. The Balaban J connectivity index is 3.02. The molecule has 0 aliphatic rings. The quantitative estimate of drug-likeness (QED) is 0.841. The molecule has 0 unspecified atom stereocenters. The van der Waals surface area contributed by atoms with Crippen LogP contribution in [0.1, 0.15) is 30.6 Å². The fourth-order valence-electron chi connectivity index (χ4n) is 1.58. The van der Waals surface area contributed by atoms with Gasteiger partial charge in [-0.2, -0.15) is 5.26 Å². The second-order valence-electron chi connectivity index (χ2n) is 4.12. The zero-order chi connectivity index (χ0) is 13.7. The molecule has 96 valence electrons. The van der Waals surface area contributed by atoms with Crippen molar-refractivity contribution in [3.8, 4) is 6.07 Å². The van der Waals surface area contributed by atoms with Gasteiger partial charge in [0, 0.05) is 17.1 Å². The van der Waals surface area contributed by atoms with Gasteiger partial charge in [-0.15, -0.1) is 0 Å². The van der Waals surface area contributed by atoms with Crippen LogP contribution in [0.4, 0.5) is 0 Å². The molecule has 0 heterocycles. The largest absolute Gasteiger partial charge is 0.335 e. The Labute approximate surface area is 120 Å². The molecule has 0 spiro atoms. The maximum absolute atomic E-state index is 12.4. The first-order chi connectivity index (χ1) is 8.47. The lowest BCUT2D eigenvalue weighted by Crippen LogP contribution is -2.37. The molecule has 1 aromatic carbocycles. The van der Waals surface area contributed by atoms with Crippen molar-refractivity contribution in [2.45, 2.75) is 26.3 Å². The van der Waals surface area contributed by atoms with E-state index >= 15 is 0 Å². The van der Waals surface area contributed by atoms with Gasteiger partial charge < -0.3 is 4.90 Å². The number of nitriles is 1. The van der Waals surface area contributed by atoms with Crippen molar-refractivity contribution in [3.05, 3.63) is 33.3 Å². The first-order valence-corrected chi connectivity index (χ1v) is 6.77. The summed E-state index contributed by atoms with van der Waals surface area (Å²) in [6.07, 6.45) is 0.315. The topological polar surface area (TPSA) is 44.1 Å². The monoisotopic (exact) mass is 328 g/mol. The molecule has 0 bridgehead atoms. The van der Waals surface area contributed by atoms with E-state index in [-0.39, 0.29) is 11.9 Å². The average Bonchev–Trinajstić information content (AvgIpc) is 2.32. The van der Waals surface area contributed by atoms with Crippen LogP contribution in [-0.2, 0) is 0 Å². The maximum Gasteiger partial charge on any atom is 0.255 e. The molecular formula is C13H14BrClN2O. The van der Waals surface area contributed by atoms with Gasteiger partial charge in [-0.25, -0.2) is 0 Å². The minimum atomic E-state index is -0.147. The molecule has 0 saturated heterocycles. The summed E-state index contributed by atoms with van der Waals surface area (Å²) in [6.45, 7) is 4.25. The van der Waals surface area contributed by atoms with Crippen LogP contribution >= 0.6 is 27.5 Å². The van der Waals surface area contributed by atoms with Crippen molar-refractivity contribution in [2.75, 3.05) is 6.54 Å². The van der Waals surface area contributed by atoms with Gasteiger partial charge in [-0.3, -0.25) is 4.79 Å². The molecule has 0 N–H and O–H groups in total. The number of hydrogen-bond donors (Lipinski definition) is 0. The van der Waals surface area contributed by atoms with Crippen LogP contribution in [0.2, 0.25) is 5.02 Å². The van der Waals surface area contributed by atoms with Crippen LogP contribution < -0.4 is 0 Å². The van der Waals surface area contributed by atoms with Crippen molar-refractivity contribution >= 4 is 33.4 Å². The summed E-state index contributed by atoms with van der Waals surface area (Å²) in [5.74, 6) is -0.147. The predicted octanol–water partition coefficient (Wildman–Crippen LogP) is 3.87. The summed E-state index contributed by atoms with van der Waals surface area (Å²) >= 11 is 9.36. The van der Waals surface area contributed by atoms with Crippen molar-refractivity contribution in [3.63, 3.8) is 0 Å². The fraction of sp³-hybridized carbons (Fsp3) is 0.385. The van der Waals surface area contributed by atoms with Gasteiger partial charge in [0.2, 0.25) is 0 Å². The van der Waals surface area contributed by atoms with Crippen LogP contribution in [0.3, 0.4) is 0 Å². The molecule has 1 rings (SSSR count). The van der Waals surface area contributed by atoms with Gasteiger partial charge in [0.15, 0.2) is 0 Å². The third-order valence-electron chi connectivity index (χ3n) is 2.51. The summed E-state index contributed by atoms with van der Waals surface area (Å²) in [6, 6.07) is 7.25. The van der Waals surface area contributed by atoms with Crippen LogP contribution in [0.25, 0.3) is 0 Å². The van der Waals surface area contributed by atoms with Gasteiger partial charge in [0.05, 0.1) is 23.1 Å². The van der Waals surface area contributed by atoms with Gasteiger partial charge in [-0.05, 0) is 32.0 Å². The predicted molar refractivity (Wildman–Crippen MR) is 75.6 cm³/mol. The van der Waals surface area contributed by atoms with E-state index in [1.807, 2.05) is 19.9 Å². The van der Waals surface area contributed by atoms with E-state index in [2.05, 4.69) is 15.9 Å². The van der Waals surface area contributed by atoms with Gasteiger partial charge in [0.1, 0.15) is 0 Å². The molecule has 0 atom stereocenters. The van der Waals surface area contributed by atoms with E-state index in [0.29, 0.717) is 23.6 Å². The van der Waals surface area contributed by atoms with E-state index in [9.17, 15) is 4.79 Å².